The van der Waals surface area contributed by atoms with E-state index in [1.54, 1.807) is 6.20 Å². The number of nitrogens with one attached hydrogen (secondary N) is 1. The summed E-state index contributed by atoms with van der Waals surface area (Å²) < 4.78 is 7.51. The number of hydrogen-bond acceptors (Lipinski definition) is 5. The number of ether oxygens (including phenoxy) is 1. The molecule has 2 aliphatic heterocycles. The van der Waals surface area contributed by atoms with Crippen molar-refractivity contribution in [2.45, 2.75) is 38.4 Å². The van der Waals surface area contributed by atoms with Crippen LogP contribution in [0.25, 0.3) is 0 Å². The molecule has 1 atom stereocenters. The fourth-order valence-corrected chi connectivity index (χ4v) is 4.03. The van der Waals surface area contributed by atoms with E-state index in [0.717, 1.165) is 51.4 Å². The van der Waals surface area contributed by atoms with Crippen molar-refractivity contribution in [2.24, 2.45) is 5.92 Å². The average molecular weight is 369 g/mol. The van der Waals surface area contributed by atoms with E-state index in [0.29, 0.717) is 18.9 Å². The highest BCUT2D eigenvalue weighted by Crippen LogP contribution is 2.25. The lowest BCUT2D eigenvalue weighted by Gasteiger charge is -2.36. The number of pyridine rings is 1. The number of carbonyl (C=O) groups excluding carboxylic acids is 1. The van der Waals surface area contributed by atoms with Crippen molar-refractivity contribution in [3.8, 4) is 0 Å². The molecular formula is C20H27N5O2. The number of fused-ring (bicyclic) bond motifs is 1. The molecule has 2 aromatic rings. The lowest BCUT2D eigenvalue weighted by atomic mass is 9.98. The molecule has 0 spiro atoms. The molecular weight excluding hydrogens is 342 g/mol. The van der Waals surface area contributed by atoms with E-state index in [1.807, 2.05) is 29.1 Å². The van der Waals surface area contributed by atoms with Crippen molar-refractivity contribution < 1.29 is 9.53 Å². The quantitative estimate of drug-likeness (QED) is 0.840. The topological polar surface area (TPSA) is 72.3 Å². The van der Waals surface area contributed by atoms with Crippen molar-refractivity contribution in [3.05, 3.63) is 48.0 Å². The minimum Gasteiger partial charge on any atom is -0.381 e. The molecule has 0 unspecified atom stereocenters. The summed E-state index contributed by atoms with van der Waals surface area (Å²) in [5.41, 5.74) is 2.06. The van der Waals surface area contributed by atoms with E-state index in [-0.39, 0.29) is 11.9 Å². The molecule has 4 rings (SSSR count). The Labute approximate surface area is 159 Å². The summed E-state index contributed by atoms with van der Waals surface area (Å²) in [6.45, 7) is 5.04. The molecule has 1 fully saturated rings. The number of amides is 1. The molecule has 0 saturated carbocycles. The molecule has 2 aromatic heterocycles. The van der Waals surface area contributed by atoms with Gasteiger partial charge in [0.2, 0.25) is 5.91 Å². The number of carbonyl (C=O) groups is 1. The Kier molecular flexibility index (Phi) is 5.79. The van der Waals surface area contributed by atoms with Gasteiger partial charge in [0.15, 0.2) is 0 Å². The van der Waals surface area contributed by atoms with Crippen LogP contribution in [-0.4, -0.2) is 51.9 Å². The summed E-state index contributed by atoms with van der Waals surface area (Å²) in [4.78, 5) is 19.2. The third-order valence-electron chi connectivity index (χ3n) is 5.42. The summed E-state index contributed by atoms with van der Waals surface area (Å²) in [5, 5.41) is 7.46. The maximum Gasteiger partial charge on any atom is 0.222 e. The van der Waals surface area contributed by atoms with E-state index in [2.05, 4.69) is 26.4 Å². The van der Waals surface area contributed by atoms with Gasteiger partial charge in [0.25, 0.3) is 0 Å². The smallest absolute Gasteiger partial charge is 0.222 e. The van der Waals surface area contributed by atoms with Crippen molar-refractivity contribution in [2.75, 3.05) is 26.3 Å². The molecule has 144 valence electrons. The van der Waals surface area contributed by atoms with Crippen LogP contribution in [0.5, 0.6) is 0 Å². The third kappa shape index (κ3) is 4.73. The van der Waals surface area contributed by atoms with E-state index >= 15 is 0 Å². The number of hydrogen-bond donors (Lipinski definition) is 1. The predicted octanol–water partition coefficient (Wildman–Crippen LogP) is 1.77. The number of rotatable bonds is 6. The summed E-state index contributed by atoms with van der Waals surface area (Å²) in [7, 11) is 0. The zero-order valence-electron chi connectivity index (χ0n) is 15.6. The molecule has 7 heteroatoms. The van der Waals surface area contributed by atoms with Crippen LogP contribution in [0, 0.1) is 5.92 Å². The average Bonchev–Trinajstić information content (AvgIpc) is 3.17. The Hall–Kier alpha value is -2.25. The predicted molar refractivity (Wildman–Crippen MR) is 101 cm³/mol. The highest BCUT2D eigenvalue weighted by Gasteiger charge is 2.29. The monoisotopic (exact) mass is 369 g/mol. The van der Waals surface area contributed by atoms with E-state index in [9.17, 15) is 4.79 Å². The molecule has 0 bridgehead atoms. The fourth-order valence-electron chi connectivity index (χ4n) is 4.03. The lowest BCUT2D eigenvalue weighted by Crippen LogP contribution is -2.42. The molecule has 2 aliphatic rings. The Bertz CT molecular complexity index is 742. The summed E-state index contributed by atoms with van der Waals surface area (Å²) >= 11 is 0. The van der Waals surface area contributed by atoms with Gasteiger partial charge in [-0.05, 0) is 37.0 Å². The van der Waals surface area contributed by atoms with Crippen molar-refractivity contribution in [3.63, 3.8) is 0 Å². The van der Waals surface area contributed by atoms with Gasteiger partial charge in [-0.3, -0.25) is 19.4 Å². The Morgan fingerprint density at radius 3 is 2.93 bits per heavy atom. The molecule has 4 heterocycles. The minimum absolute atomic E-state index is 0.0417. The maximum absolute atomic E-state index is 12.5. The lowest BCUT2D eigenvalue weighted by molar-refractivity contribution is -0.122. The second-order valence-corrected chi connectivity index (χ2v) is 7.47. The van der Waals surface area contributed by atoms with Crippen molar-refractivity contribution >= 4 is 5.91 Å². The van der Waals surface area contributed by atoms with Crippen LogP contribution in [0.1, 0.15) is 36.7 Å². The highest BCUT2D eigenvalue weighted by molar-refractivity contribution is 5.76. The second-order valence-electron chi connectivity index (χ2n) is 7.47. The molecule has 0 aliphatic carbocycles. The minimum atomic E-state index is 0.0417. The zero-order valence-corrected chi connectivity index (χ0v) is 15.6. The SMILES string of the molecule is O=C(C[C@@H]1CN(CC2CCOCC2)Cc2ccnn21)NCc1ccccn1. The van der Waals surface area contributed by atoms with Crippen LogP contribution >= 0.6 is 0 Å². The van der Waals surface area contributed by atoms with Crippen LogP contribution < -0.4 is 5.32 Å². The molecule has 1 saturated heterocycles. The van der Waals surface area contributed by atoms with Gasteiger partial charge >= 0.3 is 0 Å². The zero-order chi connectivity index (χ0) is 18.5. The van der Waals surface area contributed by atoms with Gasteiger partial charge in [-0.15, -0.1) is 0 Å². The second kappa shape index (κ2) is 8.63. The van der Waals surface area contributed by atoms with Crippen molar-refractivity contribution in [1.82, 2.24) is 25.0 Å². The largest absolute Gasteiger partial charge is 0.381 e. The first-order chi connectivity index (χ1) is 13.3. The first-order valence-electron chi connectivity index (χ1n) is 9.77. The molecule has 1 N–H and O–H groups in total. The van der Waals surface area contributed by atoms with E-state index in [1.165, 1.54) is 5.69 Å². The van der Waals surface area contributed by atoms with Crippen LogP contribution in [0.4, 0.5) is 0 Å². The van der Waals surface area contributed by atoms with Crippen LogP contribution in [-0.2, 0) is 22.6 Å². The molecule has 27 heavy (non-hydrogen) atoms. The summed E-state index contributed by atoms with van der Waals surface area (Å²) in [6.07, 6.45) is 6.28. The van der Waals surface area contributed by atoms with Crippen LogP contribution in [0.15, 0.2) is 36.7 Å². The van der Waals surface area contributed by atoms with Crippen molar-refractivity contribution in [1.29, 1.82) is 0 Å². The van der Waals surface area contributed by atoms with Gasteiger partial charge in [0.1, 0.15) is 0 Å². The van der Waals surface area contributed by atoms with Gasteiger partial charge in [-0.25, -0.2) is 0 Å². The van der Waals surface area contributed by atoms with E-state index < -0.39 is 0 Å². The Morgan fingerprint density at radius 1 is 1.22 bits per heavy atom. The fraction of sp³-hybridized carbons (Fsp3) is 0.550. The highest BCUT2D eigenvalue weighted by atomic mass is 16.5. The Balaban J connectivity index is 1.35. The standard InChI is InChI=1S/C20H27N5O2/c26-20(22-12-17-3-1-2-7-21-17)11-19-15-24(13-16-5-9-27-10-6-16)14-18-4-8-23-25(18)19/h1-4,7-8,16,19H,5-6,9-15H2,(H,22,26)/t19-/m1/s1. The molecule has 0 radical (unpaired) electrons. The third-order valence-corrected chi connectivity index (χ3v) is 5.42. The first kappa shape index (κ1) is 18.1. The normalized spacial score (nSPS) is 21.0. The summed E-state index contributed by atoms with van der Waals surface area (Å²) in [6, 6.07) is 7.86. The van der Waals surface area contributed by atoms with Crippen LogP contribution in [0.3, 0.4) is 0 Å². The van der Waals surface area contributed by atoms with Gasteiger partial charge in [-0.2, -0.15) is 5.10 Å². The Morgan fingerprint density at radius 2 is 2.11 bits per heavy atom. The number of aromatic nitrogens is 3. The summed E-state index contributed by atoms with van der Waals surface area (Å²) in [5.74, 6) is 0.729. The molecule has 1 amide bonds. The van der Waals surface area contributed by atoms with E-state index in [4.69, 9.17) is 4.74 Å². The van der Waals surface area contributed by atoms with Gasteiger partial charge in [0, 0.05) is 45.2 Å². The molecule has 7 nitrogen and oxygen atoms in total. The molecule has 0 aromatic carbocycles. The van der Waals surface area contributed by atoms with Crippen LogP contribution in [0.2, 0.25) is 0 Å². The maximum atomic E-state index is 12.5. The van der Waals surface area contributed by atoms with Gasteiger partial charge in [0.05, 0.1) is 30.4 Å². The number of nitrogens with zero attached hydrogens (tertiary/aromatic N) is 4. The van der Waals surface area contributed by atoms with Gasteiger partial charge in [-0.1, -0.05) is 6.07 Å². The first-order valence-corrected chi connectivity index (χ1v) is 9.77. The van der Waals surface area contributed by atoms with Gasteiger partial charge < -0.3 is 10.1 Å².